The summed E-state index contributed by atoms with van der Waals surface area (Å²) < 4.78 is 23.9. The van der Waals surface area contributed by atoms with Crippen molar-refractivity contribution < 1.29 is 28.6 Å². The number of carboxylic acid groups (broad SMARTS) is 1. The minimum Gasteiger partial charge on any atom is -0.481 e. The number of carbonyl (C=O) groups excluding carboxylic acids is 1. The van der Waals surface area contributed by atoms with Gasteiger partial charge in [0.1, 0.15) is 11.6 Å². The SMILES string of the molecule is COCC(C)(CC(=O)O)NC(=O)C(C)Oc1ccc(F)cc1Br. The number of carbonyl (C=O) groups is 2. The van der Waals surface area contributed by atoms with E-state index in [9.17, 15) is 14.0 Å². The van der Waals surface area contributed by atoms with E-state index in [0.29, 0.717) is 10.2 Å². The smallest absolute Gasteiger partial charge is 0.305 e. The number of rotatable bonds is 8. The molecular formula is C15H19BrFNO5. The van der Waals surface area contributed by atoms with Gasteiger partial charge in [-0.05, 0) is 48.0 Å². The van der Waals surface area contributed by atoms with Crippen LogP contribution in [0.5, 0.6) is 5.75 Å². The molecule has 2 unspecified atom stereocenters. The highest BCUT2D eigenvalue weighted by Gasteiger charge is 2.31. The third kappa shape index (κ3) is 6.15. The number of halogens is 2. The van der Waals surface area contributed by atoms with E-state index in [1.807, 2.05) is 0 Å². The number of ether oxygens (including phenoxy) is 2. The van der Waals surface area contributed by atoms with Crippen LogP contribution in [0.3, 0.4) is 0 Å². The van der Waals surface area contributed by atoms with Crippen LogP contribution in [0.25, 0.3) is 0 Å². The zero-order valence-electron chi connectivity index (χ0n) is 13.1. The van der Waals surface area contributed by atoms with E-state index in [0.717, 1.165) is 0 Å². The third-order valence-corrected chi connectivity index (χ3v) is 3.62. The number of benzene rings is 1. The van der Waals surface area contributed by atoms with E-state index in [2.05, 4.69) is 21.2 Å². The highest BCUT2D eigenvalue weighted by Crippen LogP contribution is 2.26. The van der Waals surface area contributed by atoms with Crippen molar-refractivity contribution in [2.45, 2.75) is 31.9 Å². The first-order valence-electron chi connectivity index (χ1n) is 6.81. The van der Waals surface area contributed by atoms with Gasteiger partial charge in [-0.15, -0.1) is 0 Å². The number of hydrogen-bond donors (Lipinski definition) is 2. The van der Waals surface area contributed by atoms with E-state index in [4.69, 9.17) is 14.6 Å². The second-order valence-electron chi connectivity index (χ2n) is 5.39. The first-order chi connectivity index (χ1) is 10.7. The number of nitrogens with one attached hydrogen (secondary N) is 1. The van der Waals surface area contributed by atoms with Crippen molar-refractivity contribution in [3.63, 3.8) is 0 Å². The maximum atomic E-state index is 13.0. The standard InChI is InChI=1S/C15H19BrFNO5/c1-9(23-12-5-4-10(17)6-11(12)16)14(21)18-15(2,8-22-3)7-13(19)20/h4-6,9H,7-8H2,1-3H3,(H,18,21)(H,19,20). The van der Waals surface area contributed by atoms with Crippen LogP contribution in [0.1, 0.15) is 20.3 Å². The fourth-order valence-electron chi connectivity index (χ4n) is 2.00. The number of aliphatic carboxylic acids is 1. The predicted octanol–water partition coefficient (Wildman–Crippen LogP) is 2.35. The van der Waals surface area contributed by atoms with Gasteiger partial charge >= 0.3 is 5.97 Å². The summed E-state index contributed by atoms with van der Waals surface area (Å²) in [6.45, 7) is 3.13. The molecular weight excluding hydrogens is 373 g/mol. The van der Waals surface area contributed by atoms with Gasteiger partial charge in [0.2, 0.25) is 0 Å². The Morgan fingerprint density at radius 3 is 2.65 bits per heavy atom. The fourth-order valence-corrected chi connectivity index (χ4v) is 2.44. The van der Waals surface area contributed by atoms with Crippen LogP contribution in [-0.2, 0) is 14.3 Å². The van der Waals surface area contributed by atoms with Crippen molar-refractivity contribution in [3.8, 4) is 5.75 Å². The Bertz CT molecular complexity index is 583. The molecule has 0 aliphatic rings. The summed E-state index contributed by atoms with van der Waals surface area (Å²) in [5.41, 5.74) is -1.06. The molecule has 0 aliphatic carbocycles. The largest absolute Gasteiger partial charge is 0.481 e. The molecule has 0 aromatic heterocycles. The number of hydrogen-bond acceptors (Lipinski definition) is 4. The first kappa shape index (κ1) is 19.4. The predicted molar refractivity (Wildman–Crippen MR) is 84.9 cm³/mol. The van der Waals surface area contributed by atoms with Gasteiger partial charge < -0.3 is 19.9 Å². The summed E-state index contributed by atoms with van der Waals surface area (Å²) in [5, 5.41) is 11.6. The van der Waals surface area contributed by atoms with Crippen molar-refractivity contribution in [2.75, 3.05) is 13.7 Å². The summed E-state index contributed by atoms with van der Waals surface area (Å²) in [5.74, 6) is -1.68. The zero-order valence-corrected chi connectivity index (χ0v) is 14.6. The molecule has 1 aromatic rings. The molecule has 8 heteroatoms. The highest BCUT2D eigenvalue weighted by molar-refractivity contribution is 9.10. The molecule has 1 aromatic carbocycles. The lowest BCUT2D eigenvalue weighted by Gasteiger charge is -2.30. The zero-order chi connectivity index (χ0) is 17.6. The topological polar surface area (TPSA) is 84.9 Å². The van der Waals surface area contributed by atoms with Crippen LogP contribution >= 0.6 is 15.9 Å². The van der Waals surface area contributed by atoms with Gasteiger partial charge in [0, 0.05) is 7.11 Å². The third-order valence-electron chi connectivity index (χ3n) is 3.00. The molecule has 0 saturated heterocycles. The van der Waals surface area contributed by atoms with Gasteiger partial charge in [-0.2, -0.15) is 0 Å². The molecule has 6 nitrogen and oxygen atoms in total. The Kier molecular flexibility index (Phi) is 6.96. The Hall–Kier alpha value is -1.67. The molecule has 1 amide bonds. The van der Waals surface area contributed by atoms with Gasteiger partial charge in [0.05, 0.1) is 23.0 Å². The quantitative estimate of drug-likeness (QED) is 0.710. The number of amides is 1. The molecule has 0 saturated carbocycles. The molecule has 2 N–H and O–H groups in total. The molecule has 23 heavy (non-hydrogen) atoms. The Morgan fingerprint density at radius 2 is 2.13 bits per heavy atom. The summed E-state index contributed by atoms with van der Waals surface area (Å²) in [7, 11) is 1.42. The van der Waals surface area contributed by atoms with Crippen LogP contribution in [-0.4, -0.2) is 42.3 Å². The summed E-state index contributed by atoms with van der Waals surface area (Å²) >= 11 is 3.15. The van der Waals surface area contributed by atoms with Crippen LogP contribution in [0.15, 0.2) is 22.7 Å². The van der Waals surface area contributed by atoms with Crippen LogP contribution in [0, 0.1) is 5.82 Å². The Labute approximate surface area is 142 Å². The monoisotopic (exact) mass is 391 g/mol. The Balaban J connectivity index is 2.76. The van der Waals surface area contributed by atoms with Crippen LogP contribution < -0.4 is 10.1 Å². The number of carboxylic acids is 1. The van der Waals surface area contributed by atoms with Gasteiger partial charge in [-0.25, -0.2) is 4.39 Å². The van der Waals surface area contributed by atoms with Gasteiger partial charge in [0.15, 0.2) is 6.10 Å². The summed E-state index contributed by atoms with van der Waals surface area (Å²) in [6.07, 6.45) is -1.19. The minimum absolute atomic E-state index is 0.0397. The first-order valence-corrected chi connectivity index (χ1v) is 7.60. The lowest BCUT2D eigenvalue weighted by molar-refractivity contribution is -0.140. The molecule has 0 heterocycles. The normalized spacial score (nSPS) is 14.7. The lowest BCUT2D eigenvalue weighted by Crippen LogP contribution is -2.54. The maximum Gasteiger partial charge on any atom is 0.305 e. The van der Waals surface area contributed by atoms with E-state index in [-0.39, 0.29) is 13.0 Å². The van der Waals surface area contributed by atoms with Crippen molar-refractivity contribution in [1.29, 1.82) is 0 Å². The minimum atomic E-state index is -1.06. The molecule has 0 spiro atoms. The van der Waals surface area contributed by atoms with E-state index < -0.39 is 29.3 Å². The average Bonchev–Trinajstić information content (AvgIpc) is 2.40. The van der Waals surface area contributed by atoms with Crippen molar-refractivity contribution >= 4 is 27.8 Å². The van der Waals surface area contributed by atoms with Gasteiger partial charge in [0.25, 0.3) is 5.91 Å². The molecule has 0 fully saturated rings. The summed E-state index contributed by atoms with van der Waals surface area (Å²) in [6, 6.07) is 3.83. The second kappa shape index (κ2) is 8.26. The molecule has 1 rings (SSSR count). The lowest BCUT2D eigenvalue weighted by atomic mass is 9.98. The Morgan fingerprint density at radius 1 is 1.48 bits per heavy atom. The van der Waals surface area contributed by atoms with Gasteiger partial charge in [-0.1, -0.05) is 0 Å². The average molecular weight is 392 g/mol. The van der Waals surface area contributed by atoms with E-state index in [1.165, 1.54) is 32.2 Å². The molecule has 0 radical (unpaired) electrons. The highest BCUT2D eigenvalue weighted by atomic mass is 79.9. The molecule has 2 atom stereocenters. The van der Waals surface area contributed by atoms with Crippen LogP contribution in [0.4, 0.5) is 4.39 Å². The van der Waals surface area contributed by atoms with Crippen molar-refractivity contribution in [2.24, 2.45) is 0 Å². The molecule has 0 bridgehead atoms. The van der Waals surface area contributed by atoms with Gasteiger partial charge in [-0.3, -0.25) is 9.59 Å². The second-order valence-corrected chi connectivity index (χ2v) is 6.24. The maximum absolute atomic E-state index is 13.0. The number of methoxy groups -OCH3 is 1. The van der Waals surface area contributed by atoms with Crippen molar-refractivity contribution in [3.05, 3.63) is 28.5 Å². The van der Waals surface area contributed by atoms with Crippen LogP contribution in [0.2, 0.25) is 0 Å². The molecule has 0 aliphatic heterocycles. The molecule has 128 valence electrons. The van der Waals surface area contributed by atoms with E-state index >= 15 is 0 Å². The fraction of sp³-hybridized carbons (Fsp3) is 0.467. The van der Waals surface area contributed by atoms with E-state index in [1.54, 1.807) is 6.92 Å². The van der Waals surface area contributed by atoms with Crippen molar-refractivity contribution in [1.82, 2.24) is 5.32 Å². The summed E-state index contributed by atoms with van der Waals surface area (Å²) in [4.78, 5) is 23.2.